The summed E-state index contributed by atoms with van der Waals surface area (Å²) in [5.41, 5.74) is 7.22. The Morgan fingerprint density at radius 3 is 2.33 bits per heavy atom. The lowest BCUT2D eigenvalue weighted by Crippen LogP contribution is -2.67. The maximum atomic E-state index is 12.3. The van der Waals surface area contributed by atoms with Crippen LogP contribution in [0.25, 0.3) is 0 Å². The molecule has 0 saturated heterocycles. The molecular formula is C16H25ClN2O2. The van der Waals surface area contributed by atoms with E-state index >= 15 is 0 Å². The number of methoxy groups -OCH3 is 1. The Hall–Kier alpha value is -1.10. The van der Waals surface area contributed by atoms with Gasteiger partial charge in [0.05, 0.1) is 6.10 Å². The number of carbonyl (C=O) groups excluding carboxylic acids is 1. The molecular weight excluding hydrogens is 288 g/mol. The van der Waals surface area contributed by atoms with Gasteiger partial charge in [-0.25, -0.2) is 0 Å². The number of carbonyl (C=O) groups is 1. The van der Waals surface area contributed by atoms with Gasteiger partial charge in [-0.05, 0) is 17.7 Å². The molecule has 3 N–H and O–H groups in total. The molecule has 2 rings (SSSR count). The molecule has 5 heteroatoms. The summed E-state index contributed by atoms with van der Waals surface area (Å²) >= 11 is 0. The average molecular weight is 313 g/mol. The molecule has 118 valence electrons. The first kappa shape index (κ1) is 18.0. The fourth-order valence-corrected chi connectivity index (χ4v) is 3.44. The Morgan fingerprint density at radius 2 is 1.90 bits per heavy atom. The van der Waals surface area contributed by atoms with Crippen molar-refractivity contribution >= 4 is 18.3 Å². The predicted octanol–water partition coefficient (Wildman–Crippen LogP) is 2.36. The van der Waals surface area contributed by atoms with Crippen molar-refractivity contribution in [1.29, 1.82) is 0 Å². The molecule has 1 aliphatic rings. The first-order valence-electron chi connectivity index (χ1n) is 7.04. The summed E-state index contributed by atoms with van der Waals surface area (Å²) < 4.78 is 5.50. The first-order valence-corrected chi connectivity index (χ1v) is 7.04. The van der Waals surface area contributed by atoms with Gasteiger partial charge >= 0.3 is 0 Å². The van der Waals surface area contributed by atoms with E-state index in [0.717, 1.165) is 5.56 Å². The van der Waals surface area contributed by atoms with Gasteiger partial charge in [-0.3, -0.25) is 4.79 Å². The zero-order valence-corrected chi connectivity index (χ0v) is 13.9. The van der Waals surface area contributed by atoms with Crippen LogP contribution in [0.1, 0.15) is 36.7 Å². The predicted molar refractivity (Wildman–Crippen MR) is 86.6 cm³/mol. The second kappa shape index (κ2) is 6.77. The highest BCUT2D eigenvalue weighted by Crippen LogP contribution is 2.46. The summed E-state index contributed by atoms with van der Waals surface area (Å²) in [5, 5.41) is 3.12. The molecule has 0 heterocycles. The summed E-state index contributed by atoms with van der Waals surface area (Å²) in [4.78, 5) is 12.3. The van der Waals surface area contributed by atoms with Crippen LogP contribution in [0.3, 0.4) is 0 Å². The highest BCUT2D eigenvalue weighted by Gasteiger charge is 2.55. The lowest BCUT2D eigenvalue weighted by molar-refractivity contribution is -0.141. The fourth-order valence-electron chi connectivity index (χ4n) is 3.44. The van der Waals surface area contributed by atoms with Crippen LogP contribution in [0.15, 0.2) is 24.3 Å². The molecule has 1 aliphatic carbocycles. The minimum Gasteiger partial charge on any atom is -0.380 e. The Kier molecular flexibility index (Phi) is 5.79. The molecule has 21 heavy (non-hydrogen) atoms. The number of hydrogen-bond donors (Lipinski definition) is 2. The SMILES string of the molecule is COC1C(C)C(NC(=O)c2ccc(CN)cc2)C1(C)C.Cl. The van der Waals surface area contributed by atoms with Gasteiger partial charge < -0.3 is 15.8 Å². The summed E-state index contributed by atoms with van der Waals surface area (Å²) in [6.45, 7) is 6.86. The van der Waals surface area contributed by atoms with E-state index in [-0.39, 0.29) is 35.9 Å². The van der Waals surface area contributed by atoms with Crippen LogP contribution in [-0.2, 0) is 11.3 Å². The van der Waals surface area contributed by atoms with E-state index in [1.165, 1.54) is 0 Å². The smallest absolute Gasteiger partial charge is 0.251 e. The number of amides is 1. The Balaban J connectivity index is 0.00000220. The number of benzene rings is 1. The third-order valence-corrected chi connectivity index (χ3v) is 4.53. The number of rotatable bonds is 4. The molecule has 1 saturated carbocycles. The van der Waals surface area contributed by atoms with Crippen LogP contribution in [0.4, 0.5) is 0 Å². The molecule has 1 amide bonds. The van der Waals surface area contributed by atoms with Crippen molar-refractivity contribution < 1.29 is 9.53 Å². The first-order chi connectivity index (χ1) is 9.41. The highest BCUT2D eigenvalue weighted by molar-refractivity contribution is 5.94. The van der Waals surface area contributed by atoms with Crippen LogP contribution in [-0.4, -0.2) is 25.2 Å². The average Bonchev–Trinajstić information content (AvgIpc) is 2.44. The van der Waals surface area contributed by atoms with E-state index < -0.39 is 0 Å². The van der Waals surface area contributed by atoms with Gasteiger partial charge in [-0.15, -0.1) is 12.4 Å². The number of hydrogen-bond acceptors (Lipinski definition) is 3. The molecule has 0 spiro atoms. The zero-order chi connectivity index (χ0) is 14.9. The van der Waals surface area contributed by atoms with Crippen LogP contribution in [0.5, 0.6) is 0 Å². The van der Waals surface area contributed by atoms with Gasteiger partial charge in [-0.2, -0.15) is 0 Å². The molecule has 3 unspecified atom stereocenters. The van der Waals surface area contributed by atoms with Gasteiger partial charge in [0.15, 0.2) is 0 Å². The molecule has 1 fully saturated rings. The lowest BCUT2D eigenvalue weighted by Gasteiger charge is -2.56. The molecule has 0 bridgehead atoms. The Morgan fingerprint density at radius 1 is 1.33 bits per heavy atom. The monoisotopic (exact) mass is 312 g/mol. The second-order valence-electron chi connectivity index (χ2n) is 6.19. The molecule has 3 atom stereocenters. The minimum absolute atomic E-state index is 0. The standard InChI is InChI=1S/C16H24N2O2.ClH/c1-10-13(16(2,3)14(10)20-4)18-15(19)12-7-5-11(9-17)6-8-12;/h5-8,10,13-14H,9,17H2,1-4H3,(H,18,19);1H. The molecule has 1 aromatic rings. The Labute approximate surface area is 132 Å². The van der Waals surface area contributed by atoms with Gasteiger partial charge in [0.2, 0.25) is 0 Å². The number of halogens is 1. The summed E-state index contributed by atoms with van der Waals surface area (Å²) in [5.74, 6) is 0.287. The van der Waals surface area contributed by atoms with Crippen molar-refractivity contribution in [2.45, 2.75) is 39.5 Å². The molecule has 4 nitrogen and oxygen atoms in total. The maximum absolute atomic E-state index is 12.3. The van der Waals surface area contributed by atoms with Gasteiger partial charge in [-0.1, -0.05) is 32.9 Å². The van der Waals surface area contributed by atoms with E-state index in [1.807, 2.05) is 24.3 Å². The molecule has 0 radical (unpaired) electrons. The quantitative estimate of drug-likeness (QED) is 0.897. The fraction of sp³-hybridized carbons (Fsp3) is 0.562. The summed E-state index contributed by atoms with van der Waals surface area (Å²) in [6, 6.07) is 7.56. The summed E-state index contributed by atoms with van der Waals surface area (Å²) in [7, 11) is 1.73. The largest absolute Gasteiger partial charge is 0.380 e. The number of nitrogens with one attached hydrogen (secondary N) is 1. The van der Waals surface area contributed by atoms with Gasteiger partial charge in [0.1, 0.15) is 0 Å². The second-order valence-corrected chi connectivity index (χ2v) is 6.19. The maximum Gasteiger partial charge on any atom is 0.251 e. The van der Waals surface area contributed by atoms with Crippen LogP contribution < -0.4 is 11.1 Å². The molecule has 0 aromatic heterocycles. The third-order valence-electron chi connectivity index (χ3n) is 4.53. The lowest BCUT2D eigenvalue weighted by atomic mass is 9.58. The van der Waals surface area contributed by atoms with E-state index in [4.69, 9.17) is 10.5 Å². The van der Waals surface area contributed by atoms with Crippen molar-refractivity contribution in [2.24, 2.45) is 17.1 Å². The topological polar surface area (TPSA) is 64.3 Å². The van der Waals surface area contributed by atoms with E-state index in [1.54, 1.807) is 7.11 Å². The van der Waals surface area contributed by atoms with Crippen LogP contribution in [0.2, 0.25) is 0 Å². The number of nitrogens with two attached hydrogens (primary N) is 1. The third kappa shape index (κ3) is 3.23. The van der Waals surface area contributed by atoms with E-state index in [9.17, 15) is 4.79 Å². The van der Waals surface area contributed by atoms with Crippen molar-refractivity contribution in [3.8, 4) is 0 Å². The van der Waals surface area contributed by atoms with E-state index in [0.29, 0.717) is 18.0 Å². The number of ether oxygens (including phenoxy) is 1. The molecule has 1 aromatic carbocycles. The van der Waals surface area contributed by atoms with Crippen molar-refractivity contribution in [3.63, 3.8) is 0 Å². The molecule has 0 aliphatic heterocycles. The summed E-state index contributed by atoms with van der Waals surface area (Å²) in [6.07, 6.45) is 0.187. The van der Waals surface area contributed by atoms with Crippen molar-refractivity contribution in [2.75, 3.05) is 7.11 Å². The van der Waals surface area contributed by atoms with Crippen LogP contribution in [0, 0.1) is 11.3 Å². The minimum atomic E-state index is -0.0406. The normalized spacial score (nSPS) is 26.4. The zero-order valence-electron chi connectivity index (χ0n) is 13.1. The van der Waals surface area contributed by atoms with Crippen molar-refractivity contribution in [1.82, 2.24) is 5.32 Å². The van der Waals surface area contributed by atoms with E-state index in [2.05, 4.69) is 26.1 Å². The Bertz CT molecular complexity index is 488. The van der Waals surface area contributed by atoms with Crippen molar-refractivity contribution in [3.05, 3.63) is 35.4 Å². The van der Waals surface area contributed by atoms with Gasteiger partial charge in [0, 0.05) is 36.6 Å². The van der Waals surface area contributed by atoms with Gasteiger partial charge in [0.25, 0.3) is 5.91 Å². The van der Waals surface area contributed by atoms with Crippen LogP contribution >= 0.6 is 12.4 Å². The highest BCUT2D eigenvalue weighted by atomic mass is 35.5.